The number of benzene rings is 2. The molecule has 2 rings (SSSR count). The molecule has 7 heteroatoms. The van der Waals surface area contributed by atoms with Gasteiger partial charge in [0.15, 0.2) is 0 Å². The fourth-order valence-electron chi connectivity index (χ4n) is 1.59. The minimum Gasteiger partial charge on any atom is -0.733 e. The standard InChI is InChI=1S/C12H9ClNO4S/c13-9-6-7-12(11(8-9)14(15)16)19(17,18)10-4-2-1-3-5-10/h1-8,15H/q-1. The van der Waals surface area contributed by atoms with Gasteiger partial charge < -0.3 is 10.4 Å². The van der Waals surface area contributed by atoms with Crippen molar-refractivity contribution in [1.82, 2.24) is 0 Å². The Balaban J connectivity index is 2.65. The van der Waals surface area contributed by atoms with Gasteiger partial charge in [0, 0.05) is 5.02 Å². The Morgan fingerprint density at radius 3 is 2.32 bits per heavy atom. The highest BCUT2D eigenvalue weighted by molar-refractivity contribution is 7.91. The molecular weight excluding hydrogens is 290 g/mol. The highest BCUT2D eigenvalue weighted by Crippen LogP contribution is 2.31. The summed E-state index contributed by atoms with van der Waals surface area (Å²) in [6, 6.07) is 11.2. The third-order valence-corrected chi connectivity index (χ3v) is 4.52. The summed E-state index contributed by atoms with van der Waals surface area (Å²) < 4.78 is 24.7. The van der Waals surface area contributed by atoms with Gasteiger partial charge in [-0.05, 0) is 30.3 Å². The maximum absolute atomic E-state index is 12.4. The van der Waals surface area contributed by atoms with Crippen LogP contribution in [-0.2, 0) is 9.84 Å². The van der Waals surface area contributed by atoms with E-state index in [4.69, 9.17) is 16.8 Å². The van der Waals surface area contributed by atoms with Crippen molar-refractivity contribution in [3.05, 3.63) is 58.8 Å². The Hall–Kier alpha value is -1.60. The fraction of sp³-hybridized carbons (Fsp3) is 0. The van der Waals surface area contributed by atoms with E-state index >= 15 is 0 Å². The molecule has 2 aromatic carbocycles. The molecule has 0 aliphatic heterocycles. The van der Waals surface area contributed by atoms with E-state index in [1.54, 1.807) is 18.2 Å². The first kappa shape index (κ1) is 13.8. The molecule has 0 aromatic heterocycles. The van der Waals surface area contributed by atoms with Crippen LogP contribution in [0.5, 0.6) is 0 Å². The second kappa shape index (κ2) is 5.18. The van der Waals surface area contributed by atoms with Gasteiger partial charge in [0.05, 0.1) is 15.5 Å². The Kier molecular flexibility index (Phi) is 3.77. The third-order valence-electron chi connectivity index (χ3n) is 2.47. The van der Waals surface area contributed by atoms with Gasteiger partial charge in [-0.3, -0.25) is 5.21 Å². The highest BCUT2D eigenvalue weighted by atomic mass is 35.5. The van der Waals surface area contributed by atoms with Crippen LogP contribution in [0.4, 0.5) is 5.69 Å². The van der Waals surface area contributed by atoms with E-state index < -0.39 is 20.8 Å². The van der Waals surface area contributed by atoms with Gasteiger partial charge in [-0.2, -0.15) is 0 Å². The molecule has 0 spiro atoms. The topological polar surface area (TPSA) is 80.7 Å². The van der Waals surface area contributed by atoms with Crippen molar-refractivity contribution in [2.75, 3.05) is 5.23 Å². The lowest BCUT2D eigenvalue weighted by Gasteiger charge is -2.24. The maximum atomic E-state index is 12.4. The smallest absolute Gasteiger partial charge is 0.208 e. The molecule has 0 atom stereocenters. The molecular formula is C12H9ClNO4S-. The van der Waals surface area contributed by atoms with E-state index in [1.807, 2.05) is 0 Å². The molecule has 2 aromatic rings. The molecule has 0 saturated heterocycles. The molecule has 0 amide bonds. The van der Waals surface area contributed by atoms with Gasteiger partial charge in [-0.25, -0.2) is 8.42 Å². The van der Waals surface area contributed by atoms with E-state index in [1.165, 1.54) is 24.3 Å². The van der Waals surface area contributed by atoms with Gasteiger partial charge in [-0.15, -0.1) is 0 Å². The zero-order chi connectivity index (χ0) is 14.0. The van der Waals surface area contributed by atoms with E-state index in [0.717, 1.165) is 6.07 Å². The fourth-order valence-corrected chi connectivity index (χ4v) is 3.19. The first-order valence-corrected chi connectivity index (χ1v) is 7.05. The second-order valence-corrected chi connectivity index (χ2v) is 6.06. The summed E-state index contributed by atoms with van der Waals surface area (Å²) in [6.45, 7) is 0. The van der Waals surface area contributed by atoms with Crippen molar-refractivity contribution in [3.63, 3.8) is 0 Å². The van der Waals surface area contributed by atoms with Crippen LogP contribution in [0.2, 0.25) is 5.02 Å². The predicted octanol–water partition coefficient (Wildman–Crippen LogP) is 2.87. The number of nitrogens with zero attached hydrogens (tertiary/aromatic N) is 1. The van der Waals surface area contributed by atoms with Gasteiger partial charge >= 0.3 is 0 Å². The minimum atomic E-state index is -3.89. The summed E-state index contributed by atoms with van der Waals surface area (Å²) in [5.74, 6) is 0. The van der Waals surface area contributed by atoms with Crippen LogP contribution in [0.15, 0.2) is 58.3 Å². The van der Waals surface area contributed by atoms with Crippen LogP contribution in [0.1, 0.15) is 0 Å². The Bertz CT molecular complexity index is 686. The number of anilines is 1. The van der Waals surface area contributed by atoms with Crippen LogP contribution in [-0.4, -0.2) is 13.6 Å². The number of rotatable bonds is 3. The van der Waals surface area contributed by atoms with Crippen LogP contribution in [0.25, 0.3) is 0 Å². The SMILES string of the molecule is O=S(=O)(c1ccccc1)c1ccc(Cl)cc1N([O-])O. The zero-order valence-corrected chi connectivity index (χ0v) is 11.1. The molecule has 0 fully saturated rings. The monoisotopic (exact) mass is 298 g/mol. The van der Waals surface area contributed by atoms with Crippen LogP contribution < -0.4 is 5.23 Å². The number of halogens is 1. The molecule has 0 radical (unpaired) electrons. The lowest BCUT2D eigenvalue weighted by atomic mass is 10.3. The molecule has 1 N–H and O–H groups in total. The summed E-state index contributed by atoms with van der Waals surface area (Å²) in [4.78, 5) is -0.277. The van der Waals surface area contributed by atoms with Gasteiger partial charge in [-0.1, -0.05) is 29.8 Å². The zero-order valence-electron chi connectivity index (χ0n) is 9.52. The van der Waals surface area contributed by atoms with Crippen molar-refractivity contribution in [3.8, 4) is 0 Å². The van der Waals surface area contributed by atoms with Crippen molar-refractivity contribution in [1.29, 1.82) is 0 Å². The van der Waals surface area contributed by atoms with Gasteiger partial charge in [0.1, 0.15) is 0 Å². The molecule has 100 valence electrons. The Morgan fingerprint density at radius 2 is 1.74 bits per heavy atom. The van der Waals surface area contributed by atoms with E-state index in [9.17, 15) is 13.6 Å². The maximum Gasteiger partial charge on any atom is 0.208 e. The predicted molar refractivity (Wildman–Crippen MR) is 71.0 cm³/mol. The molecule has 19 heavy (non-hydrogen) atoms. The van der Waals surface area contributed by atoms with Crippen LogP contribution in [0, 0.1) is 5.21 Å². The van der Waals surface area contributed by atoms with Crippen molar-refractivity contribution >= 4 is 27.1 Å². The number of hydrogen-bond acceptors (Lipinski definition) is 5. The Labute approximate surface area is 115 Å². The first-order chi connectivity index (χ1) is 8.93. The largest absolute Gasteiger partial charge is 0.733 e. The number of hydrogen-bond donors (Lipinski definition) is 1. The van der Waals surface area contributed by atoms with E-state index in [2.05, 4.69) is 0 Å². The Morgan fingerprint density at radius 1 is 1.11 bits per heavy atom. The first-order valence-electron chi connectivity index (χ1n) is 5.19. The third kappa shape index (κ3) is 2.71. The molecule has 0 unspecified atom stereocenters. The average Bonchev–Trinajstić information content (AvgIpc) is 2.39. The molecule has 5 nitrogen and oxygen atoms in total. The van der Waals surface area contributed by atoms with Crippen molar-refractivity contribution < 1.29 is 13.6 Å². The van der Waals surface area contributed by atoms with Crippen LogP contribution >= 0.6 is 11.6 Å². The summed E-state index contributed by atoms with van der Waals surface area (Å²) in [5.41, 5.74) is -0.420. The quantitative estimate of drug-likeness (QED) is 0.881. The molecule has 0 aliphatic carbocycles. The van der Waals surface area contributed by atoms with E-state index in [0.29, 0.717) is 0 Å². The lowest BCUT2D eigenvalue weighted by molar-refractivity contribution is 0.294. The molecule has 0 aliphatic rings. The summed E-state index contributed by atoms with van der Waals surface area (Å²) in [6.07, 6.45) is 0. The lowest BCUT2D eigenvalue weighted by Crippen LogP contribution is -2.13. The summed E-state index contributed by atoms with van der Waals surface area (Å²) in [5, 5.41) is 19.7. The van der Waals surface area contributed by atoms with Crippen molar-refractivity contribution in [2.24, 2.45) is 0 Å². The van der Waals surface area contributed by atoms with Gasteiger partial charge in [0.25, 0.3) is 0 Å². The highest BCUT2D eigenvalue weighted by Gasteiger charge is 2.21. The minimum absolute atomic E-state index is 0.0282. The van der Waals surface area contributed by atoms with E-state index in [-0.39, 0.29) is 14.8 Å². The normalized spacial score (nSPS) is 11.3. The van der Waals surface area contributed by atoms with Crippen molar-refractivity contribution in [2.45, 2.75) is 9.79 Å². The molecule has 0 saturated carbocycles. The average molecular weight is 299 g/mol. The van der Waals surface area contributed by atoms with Crippen LogP contribution in [0.3, 0.4) is 0 Å². The number of sulfone groups is 1. The summed E-state index contributed by atoms with van der Waals surface area (Å²) >= 11 is 5.69. The summed E-state index contributed by atoms with van der Waals surface area (Å²) in [7, 11) is -3.89. The van der Waals surface area contributed by atoms with Gasteiger partial charge in [0.2, 0.25) is 9.84 Å². The molecule has 0 heterocycles. The molecule has 0 bridgehead atoms. The second-order valence-electron chi connectivity index (χ2n) is 3.70.